The van der Waals surface area contributed by atoms with Crippen molar-refractivity contribution >= 4 is 35.1 Å². The Morgan fingerprint density at radius 3 is 2.50 bits per heavy atom. The van der Waals surface area contributed by atoms with Crippen LogP contribution in [0.4, 0.5) is 10.5 Å². The van der Waals surface area contributed by atoms with Crippen LogP contribution >= 0.6 is 11.6 Å². The van der Waals surface area contributed by atoms with Gasteiger partial charge in [-0.2, -0.15) is 0 Å². The number of amides is 4. The minimum absolute atomic E-state index is 0.00583. The molecule has 164 valence electrons. The number of methoxy groups -OCH3 is 1. The highest BCUT2D eigenvalue weighted by atomic mass is 35.5. The van der Waals surface area contributed by atoms with Crippen molar-refractivity contribution in [1.82, 2.24) is 15.5 Å². The van der Waals surface area contributed by atoms with Gasteiger partial charge in [0.25, 0.3) is 5.91 Å². The summed E-state index contributed by atoms with van der Waals surface area (Å²) in [6.45, 7) is 2.95. The van der Waals surface area contributed by atoms with Crippen molar-refractivity contribution in [2.45, 2.75) is 44.1 Å². The normalized spacial score (nSPS) is 22.0. The van der Waals surface area contributed by atoms with Crippen LogP contribution in [-0.4, -0.2) is 62.6 Å². The van der Waals surface area contributed by atoms with Gasteiger partial charge in [0.05, 0.1) is 12.8 Å². The van der Waals surface area contributed by atoms with Crippen LogP contribution in [-0.2, 0) is 9.59 Å². The molecule has 0 radical (unpaired) electrons. The summed E-state index contributed by atoms with van der Waals surface area (Å²) in [7, 11) is 5.50. The third kappa shape index (κ3) is 4.48. The summed E-state index contributed by atoms with van der Waals surface area (Å²) < 4.78 is 5.45. The number of carbonyl (C=O) groups is 3. The molecule has 2 aliphatic heterocycles. The second-order valence-corrected chi connectivity index (χ2v) is 8.72. The molecule has 8 nitrogen and oxygen atoms in total. The molecular formula is C21H29ClN4O4. The van der Waals surface area contributed by atoms with Crippen LogP contribution < -0.4 is 20.3 Å². The number of urea groups is 1. The average Bonchev–Trinajstić information content (AvgIpc) is 2.98. The quantitative estimate of drug-likeness (QED) is 0.668. The Morgan fingerprint density at radius 1 is 1.30 bits per heavy atom. The van der Waals surface area contributed by atoms with E-state index in [2.05, 4.69) is 16.7 Å². The summed E-state index contributed by atoms with van der Waals surface area (Å²) in [4.78, 5) is 39.7. The molecule has 0 unspecified atom stereocenters. The van der Waals surface area contributed by atoms with Gasteiger partial charge >= 0.3 is 6.03 Å². The molecule has 2 aliphatic rings. The van der Waals surface area contributed by atoms with Gasteiger partial charge in [-0.3, -0.25) is 14.9 Å². The highest BCUT2D eigenvalue weighted by molar-refractivity contribution is 6.34. The second kappa shape index (κ2) is 8.71. The molecule has 4 amide bonds. The van der Waals surface area contributed by atoms with E-state index in [1.807, 2.05) is 30.0 Å². The zero-order valence-corrected chi connectivity index (χ0v) is 18.6. The number of carbonyl (C=O) groups excluding carboxylic acids is 3. The molecule has 9 heteroatoms. The molecule has 2 fully saturated rings. The van der Waals surface area contributed by atoms with Crippen molar-refractivity contribution in [3.05, 3.63) is 22.7 Å². The number of hydrogen-bond donors (Lipinski definition) is 2. The van der Waals surface area contributed by atoms with Crippen molar-refractivity contribution in [3.8, 4) is 5.75 Å². The van der Waals surface area contributed by atoms with Gasteiger partial charge in [-0.05, 0) is 49.8 Å². The Kier molecular flexibility index (Phi) is 6.45. The molecule has 3 rings (SSSR count). The molecule has 0 saturated carbocycles. The number of nitrogens with one attached hydrogen (secondary N) is 2. The fourth-order valence-corrected chi connectivity index (χ4v) is 4.40. The van der Waals surface area contributed by atoms with Gasteiger partial charge in [-0.15, -0.1) is 0 Å². The largest absolute Gasteiger partial charge is 0.495 e. The van der Waals surface area contributed by atoms with Crippen LogP contribution in [0, 0.1) is 0 Å². The first-order chi connectivity index (χ1) is 14.1. The van der Waals surface area contributed by atoms with E-state index in [1.54, 1.807) is 14.0 Å². The third-order valence-electron chi connectivity index (χ3n) is 6.02. The van der Waals surface area contributed by atoms with E-state index in [4.69, 9.17) is 16.3 Å². The maximum absolute atomic E-state index is 12.7. The summed E-state index contributed by atoms with van der Waals surface area (Å²) >= 11 is 6.42. The average molecular weight is 437 g/mol. The summed E-state index contributed by atoms with van der Waals surface area (Å²) in [5, 5.41) is 5.42. The van der Waals surface area contributed by atoms with Gasteiger partial charge in [0.15, 0.2) is 0 Å². The molecule has 2 N–H and O–H groups in total. The predicted octanol–water partition coefficient (Wildman–Crippen LogP) is 2.50. The summed E-state index contributed by atoms with van der Waals surface area (Å²) in [5.74, 6) is 0.594. The van der Waals surface area contributed by atoms with Crippen LogP contribution in [0.3, 0.4) is 0 Å². The summed E-state index contributed by atoms with van der Waals surface area (Å²) in [5.41, 5.74) is 1.05. The predicted molar refractivity (Wildman–Crippen MR) is 115 cm³/mol. The second-order valence-electron chi connectivity index (χ2n) is 8.35. The maximum atomic E-state index is 12.7. The van der Waals surface area contributed by atoms with E-state index in [9.17, 15) is 14.4 Å². The molecule has 0 aliphatic carbocycles. The van der Waals surface area contributed by atoms with Crippen LogP contribution in [0.1, 0.15) is 44.1 Å². The Balaban J connectivity index is 1.59. The number of ether oxygens (including phenoxy) is 1. The molecule has 0 spiro atoms. The molecular weight excluding hydrogens is 408 g/mol. The molecule has 30 heavy (non-hydrogen) atoms. The van der Waals surface area contributed by atoms with Gasteiger partial charge < -0.3 is 19.9 Å². The number of halogens is 1. The lowest BCUT2D eigenvalue weighted by atomic mass is 9.88. The lowest BCUT2D eigenvalue weighted by molar-refractivity contribution is -0.133. The van der Waals surface area contributed by atoms with E-state index < -0.39 is 11.6 Å². The minimum Gasteiger partial charge on any atom is -0.495 e. The smallest absolute Gasteiger partial charge is 0.322 e. The molecule has 1 atom stereocenters. The Morgan fingerprint density at radius 2 is 1.97 bits per heavy atom. The van der Waals surface area contributed by atoms with Gasteiger partial charge in [-0.25, -0.2) is 4.79 Å². The molecule has 1 aromatic rings. The molecule has 1 aromatic carbocycles. The SMILES string of the molecule is COc1cc(C2CCN(C(=O)CC[C@@]3(C)NC(=O)NC3=O)CC2)cc(N(C)C)c1Cl. The maximum Gasteiger partial charge on any atom is 0.322 e. The van der Waals surface area contributed by atoms with E-state index in [0.29, 0.717) is 29.8 Å². The van der Waals surface area contributed by atoms with Crippen molar-refractivity contribution in [2.75, 3.05) is 39.2 Å². The molecule has 2 saturated heterocycles. The number of anilines is 1. The minimum atomic E-state index is -1.02. The third-order valence-corrected chi connectivity index (χ3v) is 6.40. The zero-order valence-electron chi connectivity index (χ0n) is 17.9. The lowest BCUT2D eigenvalue weighted by Crippen LogP contribution is -2.45. The lowest BCUT2D eigenvalue weighted by Gasteiger charge is -2.33. The van der Waals surface area contributed by atoms with E-state index in [-0.39, 0.29) is 24.7 Å². The number of benzene rings is 1. The highest BCUT2D eigenvalue weighted by Crippen LogP contribution is 2.39. The number of hydrogen-bond acceptors (Lipinski definition) is 5. The number of nitrogens with zero attached hydrogens (tertiary/aromatic N) is 2. The number of imide groups is 1. The fourth-order valence-electron chi connectivity index (χ4n) is 4.05. The van der Waals surface area contributed by atoms with Crippen LogP contribution in [0.2, 0.25) is 5.02 Å². The number of piperidine rings is 1. The van der Waals surface area contributed by atoms with E-state index >= 15 is 0 Å². The summed E-state index contributed by atoms with van der Waals surface area (Å²) in [6, 6.07) is 3.57. The number of rotatable bonds is 6. The van der Waals surface area contributed by atoms with Crippen molar-refractivity contribution < 1.29 is 19.1 Å². The first-order valence-electron chi connectivity index (χ1n) is 10.1. The van der Waals surface area contributed by atoms with Gasteiger partial charge in [0.2, 0.25) is 5.91 Å². The first kappa shape index (κ1) is 22.2. The Bertz CT molecular complexity index is 852. The Labute approximate surface area is 181 Å². The summed E-state index contributed by atoms with van der Waals surface area (Å²) in [6.07, 6.45) is 2.19. The molecule has 2 heterocycles. The van der Waals surface area contributed by atoms with Crippen LogP contribution in [0.15, 0.2) is 12.1 Å². The standard InChI is InChI=1S/C21H29ClN4O4/c1-21(19(28)23-20(29)24-21)8-5-17(27)26-9-6-13(7-10-26)14-11-15(25(2)3)18(22)16(12-14)30-4/h11-13H,5-10H2,1-4H3,(H2,23,24,28,29)/t21-/m1/s1. The topological polar surface area (TPSA) is 91.0 Å². The van der Waals surface area contributed by atoms with Crippen LogP contribution in [0.5, 0.6) is 5.75 Å². The monoisotopic (exact) mass is 436 g/mol. The van der Waals surface area contributed by atoms with E-state index in [0.717, 1.165) is 24.1 Å². The zero-order chi connectivity index (χ0) is 22.1. The van der Waals surface area contributed by atoms with Gasteiger partial charge in [0, 0.05) is 33.6 Å². The van der Waals surface area contributed by atoms with Crippen molar-refractivity contribution in [3.63, 3.8) is 0 Å². The van der Waals surface area contributed by atoms with Crippen molar-refractivity contribution in [1.29, 1.82) is 0 Å². The van der Waals surface area contributed by atoms with Gasteiger partial charge in [-0.1, -0.05) is 11.6 Å². The Hall–Kier alpha value is -2.48. The molecule has 0 bridgehead atoms. The van der Waals surface area contributed by atoms with Gasteiger partial charge in [0.1, 0.15) is 16.3 Å². The van der Waals surface area contributed by atoms with E-state index in [1.165, 1.54) is 0 Å². The first-order valence-corrected chi connectivity index (χ1v) is 10.5. The van der Waals surface area contributed by atoms with Crippen molar-refractivity contribution in [2.24, 2.45) is 0 Å². The number of likely N-dealkylation sites (tertiary alicyclic amines) is 1. The fraction of sp³-hybridized carbons (Fsp3) is 0.571. The molecule has 0 aromatic heterocycles. The highest BCUT2D eigenvalue weighted by Gasteiger charge is 2.42. The van der Waals surface area contributed by atoms with Crippen LogP contribution in [0.25, 0.3) is 0 Å².